The highest BCUT2D eigenvalue weighted by Crippen LogP contribution is 2.32. The van der Waals surface area contributed by atoms with Crippen molar-refractivity contribution in [1.29, 1.82) is 0 Å². The molecular formula is C19H22N2O3. The van der Waals surface area contributed by atoms with Crippen LogP contribution in [0.5, 0.6) is 5.88 Å². The fraction of sp³-hybridized carbons (Fsp3) is 0.368. The number of likely N-dealkylation sites (tertiary alicyclic amines) is 1. The smallest absolute Gasteiger partial charge is 0.232 e. The van der Waals surface area contributed by atoms with Gasteiger partial charge in [-0.2, -0.15) is 0 Å². The van der Waals surface area contributed by atoms with Gasteiger partial charge in [0.2, 0.25) is 11.8 Å². The Labute approximate surface area is 141 Å². The molecule has 126 valence electrons. The molecule has 2 heterocycles. The van der Waals surface area contributed by atoms with Crippen molar-refractivity contribution in [2.45, 2.75) is 18.9 Å². The zero-order chi connectivity index (χ0) is 16.9. The number of hydrogen-bond donors (Lipinski definition) is 1. The molecule has 5 heteroatoms. The molecule has 1 fully saturated rings. The van der Waals surface area contributed by atoms with Gasteiger partial charge in [-0.3, -0.25) is 4.79 Å². The summed E-state index contributed by atoms with van der Waals surface area (Å²) in [6.45, 7) is 1.19. The third-order valence-corrected chi connectivity index (χ3v) is 4.44. The lowest BCUT2D eigenvalue weighted by atomic mass is 9.86. The molecule has 1 saturated heterocycles. The molecule has 0 saturated carbocycles. The Morgan fingerprint density at radius 2 is 2.00 bits per heavy atom. The van der Waals surface area contributed by atoms with Crippen molar-refractivity contribution in [3.8, 4) is 5.88 Å². The van der Waals surface area contributed by atoms with Gasteiger partial charge in [-0.15, -0.1) is 0 Å². The minimum absolute atomic E-state index is 0.0595. The molecule has 0 unspecified atom stereocenters. The first-order chi connectivity index (χ1) is 11.7. The van der Waals surface area contributed by atoms with Crippen LogP contribution in [0.15, 0.2) is 48.5 Å². The number of pyridine rings is 1. The van der Waals surface area contributed by atoms with E-state index in [0.717, 1.165) is 5.56 Å². The topological polar surface area (TPSA) is 62.7 Å². The highest BCUT2D eigenvalue weighted by molar-refractivity contribution is 5.84. The zero-order valence-electron chi connectivity index (χ0n) is 13.8. The van der Waals surface area contributed by atoms with Gasteiger partial charge in [0.1, 0.15) is 0 Å². The van der Waals surface area contributed by atoms with E-state index < -0.39 is 0 Å². The molecule has 1 aliphatic heterocycles. The first-order valence-electron chi connectivity index (χ1n) is 8.15. The summed E-state index contributed by atoms with van der Waals surface area (Å²) in [6, 6.07) is 15.4. The number of rotatable bonds is 5. The summed E-state index contributed by atoms with van der Waals surface area (Å²) in [5, 5.41) is 9.64. The van der Waals surface area contributed by atoms with Gasteiger partial charge < -0.3 is 14.7 Å². The van der Waals surface area contributed by atoms with Gasteiger partial charge in [-0.1, -0.05) is 36.4 Å². The summed E-state index contributed by atoms with van der Waals surface area (Å²) in [5.74, 6) is 0.282. The van der Waals surface area contributed by atoms with Gasteiger partial charge in [0.25, 0.3) is 0 Å². The molecule has 1 amide bonds. The number of amides is 1. The van der Waals surface area contributed by atoms with E-state index in [1.54, 1.807) is 13.2 Å². The fourth-order valence-corrected chi connectivity index (χ4v) is 3.20. The highest BCUT2D eigenvalue weighted by Gasteiger charge is 2.35. The number of benzene rings is 1. The van der Waals surface area contributed by atoms with E-state index in [4.69, 9.17) is 4.74 Å². The van der Waals surface area contributed by atoms with Gasteiger partial charge in [0.15, 0.2) is 0 Å². The molecule has 24 heavy (non-hydrogen) atoms. The standard InChI is InChI=1S/C19H22N2O3/c1-24-18-9-5-8-17(20-18)16-10-15(13-22)12-21(19(16)23)11-14-6-3-2-4-7-14/h2-9,15-16,22H,10-13H2,1H3/t15-,16-/m1/s1. The molecule has 2 atom stereocenters. The Kier molecular flexibility index (Phi) is 5.11. The van der Waals surface area contributed by atoms with E-state index in [-0.39, 0.29) is 24.3 Å². The van der Waals surface area contributed by atoms with Crippen LogP contribution in [0, 0.1) is 5.92 Å². The van der Waals surface area contributed by atoms with Crippen molar-refractivity contribution in [1.82, 2.24) is 9.88 Å². The first-order valence-corrected chi connectivity index (χ1v) is 8.15. The van der Waals surface area contributed by atoms with Crippen LogP contribution in [0.2, 0.25) is 0 Å². The molecule has 5 nitrogen and oxygen atoms in total. The Balaban J connectivity index is 1.84. The van der Waals surface area contributed by atoms with Crippen LogP contribution < -0.4 is 4.74 Å². The second kappa shape index (κ2) is 7.45. The number of nitrogens with zero attached hydrogens (tertiary/aromatic N) is 2. The second-order valence-corrected chi connectivity index (χ2v) is 6.15. The van der Waals surface area contributed by atoms with Crippen LogP contribution in [0.3, 0.4) is 0 Å². The number of carbonyl (C=O) groups excluding carboxylic acids is 1. The minimum atomic E-state index is -0.338. The van der Waals surface area contributed by atoms with E-state index in [1.165, 1.54) is 0 Å². The predicted molar refractivity (Wildman–Crippen MR) is 90.6 cm³/mol. The van der Waals surface area contributed by atoms with Gasteiger partial charge in [-0.05, 0) is 18.1 Å². The van der Waals surface area contributed by atoms with Crippen LogP contribution >= 0.6 is 0 Å². The number of carbonyl (C=O) groups is 1. The molecule has 3 rings (SSSR count). The largest absolute Gasteiger partial charge is 0.481 e. The number of piperidine rings is 1. The quantitative estimate of drug-likeness (QED) is 0.915. The third kappa shape index (κ3) is 3.57. The number of methoxy groups -OCH3 is 1. The van der Waals surface area contributed by atoms with Crippen molar-refractivity contribution >= 4 is 5.91 Å². The van der Waals surface area contributed by atoms with Crippen LogP contribution in [0.25, 0.3) is 0 Å². The number of aliphatic hydroxyl groups is 1. The number of aromatic nitrogens is 1. The van der Waals surface area contributed by atoms with Gasteiger partial charge in [0, 0.05) is 31.7 Å². The first kappa shape index (κ1) is 16.5. The summed E-state index contributed by atoms with van der Waals surface area (Å²) in [5.41, 5.74) is 1.79. The molecule has 1 aromatic carbocycles. The van der Waals surface area contributed by atoms with E-state index >= 15 is 0 Å². The lowest BCUT2D eigenvalue weighted by Crippen LogP contribution is -2.45. The lowest BCUT2D eigenvalue weighted by Gasteiger charge is -2.36. The lowest BCUT2D eigenvalue weighted by molar-refractivity contribution is -0.138. The fourth-order valence-electron chi connectivity index (χ4n) is 3.20. The molecule has 0 aliphatic carbocycles. The molecular weight excluding hydrogens is 304 g/mol. The number of hydrogen-bond acceptors (Lipinski definition) is 4. The Morgan fingerprint density at radius 3 is 2.71 bits per heavy atom. The van der Waals surface area contributed by atoms with Crippen molar-refractivity contribution in [3.63, 3.8) is 0 Å². The monoisotopic (exact) mass is 326 g/mol. The molecule has 1 aliphatic rings. The Bertz CT molecular complexity index is 690. The maximum absolute atomic E-state index is 13.0. The Hall–Kier alpha value is -2.40. The summed E-state index contributed by atoms with van der Waals surface area (Å²) in [6.07, 6.45) is 0.612. The molecule has 0 bridgehead atoms. The summed E-state index contributed by atoms with van der Waals surface area (Å²) >= 11 is 0. The van der Waals surface area contributed by atoms with Crippen molar-refractivity contribution in [2.24, 2.45) is 5.92 Å². The van der Waals surface area contributed by atoms with Gasteiger partial charge >= 0.3 is 0 Å². The van der Waals surface area contributed by atoms with Crippen molar-refractivity contribution in [3.05, 3.63) is 59.8 Å². The minimum Gasteiger partial charge on any atom is -0.481 e. The molecule has 1 N–H and O–H groups in total. The number of ether oxygens (including phenoxy) is 1. The molecule has 0 spiro atoms. The van der Waals surface area contributed by atoms with Gasteiger partial charge in [0.05, 0.1) is 18.7 Å². The molecule has 2 aromatic rings. The van der Waals surface area contributed by atoms with E-state index in [2.05, 4.69) is 4.98 Å². The number of aliphatic hydroxyl groups excluding tert-OH is 1. The predicted octanol–water partition coefficient (Wildman–Crippen LogP) is 2.21. The SMILES string of the molecule is COc1cccc([C@H]2C[C@@H](CO)CN(Cc3ccccc3)C2=O)n1. The van der Waals surface area contributed by atoms with Crippen LogP contribution in [-0.4, -0.2) is 41.2 Å². The highest BCUT2D eigenvalue weighted by atomic mass is 16.5. The Morgan fingerprint density at radius 1 is 1.21 bits per heavy atom. The van der Waals surface area contributed by atoms with E-state index in [1.807, 2.05) is 47.4 Å². The normalized spacial score (nSPS) is 20.9. The van der Waals surface area contributed by atoms with Crippen molar-refractivity contribution < 1.29 is 14.6 Å². The summed E-state index contributed by atoms with van der Waals surface area (Å²) in [4.78, 5) is 19.2. The molecule has 0 radical (unpaired) electrons. The van der Waals surface area contributed by atoms with Crippen molar-refractivity contribution in [2.75, 3.05) is 20.3 Å². The second-order valence-electron chi connectivity index (χ2n) is 6.15. The maximum Gasteiger partial charge on any atom is 0.232 e. The third-order valence-electron chi connectivity index (χ3n) is 4.44. The average Bonchev–Trinajstić information content (AvgIpc) is 2.64. The maximum atomic E-state index is 13.0. The summed E-state index contributed by atoms with van der Waals surface area (Å²) < 4.78 is 5.17. The van der Waals surface area contributed by atoms with Crippen LogP contribution in [0.1, 0.15) is 23.6 Å². The van der Waals surface area contributed by atoms with Gasteiger partial charge in [-0.25, -0.2) is 4.98 Å². The average molecular weight is 326 g/mol. The van der Waals surface area contributed by atoms with Crippen LogP contribution in [-0.2, 0) is 11.3 Å². The van der Waals surface area contributed by atoms with E-state index in [9.17, 15) is 9.90 Å². The zero-order valence-corrected chi connectivity index (χ0v) is 13.8. The summed E-state index contributed by atoms with van der Waals surface area (Å²) in [7, 11) is 1.56. The molecule has 1 aromatic heterocycles. The van der Waals surface area contributed by atoms with Crippen LogP contribution in [0.4, 0.5) is 0 Å². The van der Waals surface area contributed by atoms with E-state index in [0.29, 0.717) is 31.1 Å².